The van der Waals surface area contributed by atoms with E-state index in [1.165, 1.54) is 12.1 Å². The molecule has 4 heteroatoms. The molecule has 2 N–H and O–H groups in total. The third-order valence-electron chi connectivity index (χ3n) is 3.23. The highest BCUT2D eigenvalue weighted by atomic mass is 35.5. The van der Waals surface area contributed by atoms with Gasteiger partial charge in [0.1, 0.15) is 5.82 Å². The molecule has 0 spiro atoms. The minimum Gasteiger partial charge on any atom is -0.397 e. The van der Waals surface area contributed by atoms with Crippen LogP contribution in [0, 0.1) is 5.82 Å². The van der Waals surface area contributed by atoms with Crippen molar-refractivity contribution in [1.82, 2.24) is 0 Å². The van der Waals surface area contributed by atoms with Crippen molar-refractivity contribution in [2.45, 2.75) is 32.2 Å². The molecule has 0 aliphatic carbocycles. The molecule has 1 aromatic rings. The monoisotopic (exact) mass is 242 g/mol. The molecule has 1 aliphatic rings. The zero-order valence-corrected chi connectivity index (χ0v) is 10.1. The van der Waals surface area contributed by atoms with Gasteiger partial charge >= 0.3 is 0 Å². The number of nitrogens with two attached hydrogens (primary N) is 1. The van der Waals surface area contributed by atoms with E-state index in [-0.39, 0.29) is 5.02 Å². The topological polar surface area (TPSA) is 29.3 Å². The second kappa shape index (κ2) is 4.50. The Morgan fingerprint density at radius 3 is 3.00 bits per heavy atom. The Morgan fingerprint density at radius 2 is 2.31 bits per heavy atom. The highest BCUT2D eigenvalue weighted by Crippen LogP contribution is 2.34. The molecule has 2 rings (SSSR count). The quantitative estimate of drug-likeness (QED) is 0.805. The molecule has 2 nitrogen and oxygen atoms in total. The summed E-state index contributed by atoms with van der Waals surface area (Å²) in [6.45, 7) is 3.09. The van der Waals surface area contributed by atoms with Gasteiger partial charge in [-0.15, -0.1) is 0 Å². The number of hydrogen-bond donors (Lipinski definition) is 1. The summed E-state index contributed by atoms with van der Waals surface area (Å²) in [5, 5.41) is 0.0912. The molecule has 1 aliphatic heterocycles. The number of hydrogen-bond acceptors (Lipinski definition) is 2. The smallest absolute Gasteiger partial charge is 0.144 e. The molecule has 0 radical (unpaired) electrons. The minimum absolute atomic E-state index is 0.0912. The largest absolute Gasteiger partial charge is 0.397 e. The van der Waals surface area contributed by atoms with Gasteiger partial charge in [-0.1, -0.05) is 18.5 Å². The third-order valence-corrected chi connectivity index (χ3v) is 3.52. The van der Waals surface area contributed by atoms with Crippen LogP contribution < -0.4 is 10.6 Å². The van der Waals surface area contributed by atoms with Crippen LogP contribution in [0.15, 0.2) is 12.1 Å². The molecule has 1 heterocycles. The van der Waals surface area contributed by atoms with Gasteiger partial charge in [0.05, 0.1) is 16.4 Å². The zero-order valence-electron chi connectivity index (χ0n) is 9.34. The van der Waals surface area contributed by atoms with Crippen molar-refractivity contribution in [2.75, 3.05) is 17.2 Å². The molecule has 16 heavy (non-hydrogen) atoms. The summed E-state index contributed by atoms with van der Waals surface area (Å²) in [4.78, 5) is 2.19. The first-order valence-electron chi connectivity index (χ1n) is 5.64. The van der Waals surface area contributed by atoms with Crippen molar-refractivity contribution < 1.29 is 4.39 Å². The van der Waals surface area contributed by atoms with E-state index < -0.39 is 5.82 Å². The summed E-state index contributed by atoms with van der Waals surface area (Å²) in [5.74, 6) is -0.396. The average Bonchev–Trinajstić information content (AvgIpc) is 2.71. The van der Waals surface area contributed by atoms with Crippen molar-refractivity contribution >= 4 is 23.0 Å². The molecule has 0 amide bonds. The molecule has 88 valence electrons. The van der Waals surface area contributed by atoms with Gasteiger partial charge in [-0.05, 0) is 25.3 Å². The van der Waals surface area contributed by atoms with Gasteiger partial charge in [-0.2, -0.15) is 0 Å². The third kappa shape index (κ3) is 1.96. The molecule has 1 aromatic carbocycles. The van der Waals surface area contributed by atoms with E-state index in [2.05, 4.69) is 11.8 Å². The fraction of sp³-hybridized carbons (Fsp3) is 0.500. The zero-order chi connectivity index (χ0) is 11.7. The number of nitrogen functional groups attached to an aromatic ring is 1. The van der Waals surface area contributed by atoms with Crippen LogP contribution >= 0.6 is 11.6 Å². The molecule has 0 saturated carbocycles. The van der Waals surface area contributed by atoms with Gasteiger partial charge in [0.2, 0.25) is 0 Å². The Hall–Kier alpha value is -0.960. The standard InChI is InChI=1S/C12H16ClFN2/c1-2-8-4-3-5-16(8)12-7-10(14)9(13)6-11(12)15/h6-8H,2-5,15H2,1H3. The fourth-order valence-electron chi connectivity index (χ4n) is 2.38. The van der Waals surface area contributed by atoms with Crippen LogP contribution in [0.4, 0.5) is 15.8 Å². The lowest BCUT2D eigenvalue weighted by Crippen LogP contribution is -2.29. The second-order valence-electron chi connectivity index (χ2n) is 4.22. The van der Waals surface area contributed by atoms with Gasteiger partial charge in [-0.3, -0.25) is 0 Å². The van der Waals surface area contributed by atoms with Crippen LogP contribution in [-0.4, -0.2) is 12.6 Å². The Balaban J connectivity index is 2.36. The summed E-state index contributed by atoms with van der Waals surface area (Å²) in [5.41, 5.74) is 7.24. The Bertz CT molecular complexity index is 395. The molecule has 1 atom stereocenters. The molecule has 1 saturated heterocycles. The highest BCUT2D eigenvalue weighted by Gasteiger charge is 2.25. The van der Waals surface area contributed by atoms with Gasteiger partial charge in [-0.25, -0.2) is 4.39 Å². The number of nitrogens with zero attached hydrogens (tertiary/aromatic N) is 1. The minimum atomic E-state index is -0.396. The van der Waals surface area contributed by atoms with E-state index in [0.29, 0.717) is 11.7 Å². The van der Waals surface area contributed by atoms with Crippen molar-refractivity contribution in [3.63, 3.8) is 0 Å². The summed E-state index contributed by atoms with van der Waals surface area (Å²) in [6.07, 6.45) is 3.35. The van der Waals surface area contributed by atoms with Gasteiger partial charge in [0, 0.05) is 18.7 Å². The molecule has 0 bridgehead atoms. The summed E-state index contributed by atoms with van der Waals surface area (Å²) >= 11 is 5.69. The average molecular weight is 243 g/mol. The van der Waals surface area contributed by atoms with Crippen molar-refractivity contribution in [1.29, 1.82) is 0 Å². The van der Waals surface area contributed by atoms with E-state index in [0.717, 1.165) is 31.5 Å². The summed E-state index contributed by atoms with van der Waals surface area (Å²) in [7, 11) is 0. The summed E-state index contributed by atoms with van der Waals surface area (Å²) < 4.78 is 13.4. The molecule has 1 fully saturated rings. The number of anilines is 2. The van der Waals surface area contributed by atoms with E-state index in [9.17, 15) is 4.39 Å². The van der Waals surface area contributed by atoms with Crippen LogP contribution in [0.1, 0.15) is 26.2 Å². The Morgan fingerprint density at radius 1 is 1.56 bits per heavy atom. The predicted octanol–water partition coefficient (Wildman–Crippen LogP) is 3.44. The fourth-order valence-corrected chi connectivity index (χ4v) is 2.55. The highest BCUT2D eigenvalue weighted by molar-refractivity contribution is 6.31. The first-order chi connectivity index (χ1) is 7.63. The van der Waals surface area contributed by atoms with E-state index in [1.54, 1.807) is 0 Å². The Kier molecular flexibility index (Phi) is 3.24. The molecule has 0 aromatic heterocycles. The van der Waals surface area contributed by atoms with E-state index >= 15 is 0 Å². The van der Waals surface area contributed by atoms with Crippen LogP contribution in [0.25, 0.3) is 0 Å². The van der Waals surface area contributed by atoms with Crippen LogP contribution in [-0.2, 0) is 0 Å². The lowest BCUT2D eigenvalue weighted by atomic mass is 10.1. The van der Waals surface area contributed by atoms with Crippen LogP contribution in [0.3, 0.4) is 0 Å². The normalized spacial score (nSPS) is 20.4. The van der Waals surface area contributed by atoms with Crippen molar-refractivity contribution in [3.05, 3.63) is 23.0 Å². The van der Waals surface area contributed by atoms with Gasteiger partial charge in [0.15, 0.2) is 0 Å². The number of benzene rings is 1. The van der Waals surface area contributed by atoms with Gasteiger partial charge in [0.25, 0.3) is 0 Å². The maximum Gasteiger partial charge on any atom is 0.144 e. The first-order valence-corrected chi connectivity index (χ1v) is 6.02. The number of halogens is 2. The predicted molar refractivity (Wildman–Crippen MR) is 66.5 cm³/mol. The Labute approximate surface area is 100 Å². The lowest BCUT2D eigenvalue weighted by molar-refractivity contribution is 0.620. The van der Waals surface area contributed by atoms with E-state index in [1.807, 2.05) is 0 Å². The van der Waals surface area contributed by atoms with E-state index in [4.69, 9.17) is 17.3 Å². The molecule has 1 unspecified atom stereocenters. The maximum atomic E-state index is 13.4. The van der Waals surface area contributed by atoms with Crippen molar-refractivity contribution in [2.24, 2.45) is 0 Å². The van der Waals surface area contributed by atoms with Crippen LogP contribution in [0.5, 0.6) is 0 Å². The van der Waals surface area contributed by atoms with Crippen LogP contribution in [0.2, 0.25) is 5.02 Å². The lowest BCUT2D eigenvalue weighted by Gasteiger charge is -2.27. The van der Waals surface area contributed by atoms with Crippen molar-refractivity contribution in [3.8, 4) is 0 Å². The second-order valence-corrected chi connectivity index (χ2v) is 4.63. The first kappa shape index (κ1) is 11.5. The number of rotatable bonds is 2. The molecular formula is C12H16ClFN2. The maximum absolute atomic E-state index is 13.4. The summed E-state index contributed by atoms with van der Waals surface area (Å²) in [6, 6.07) is 3.42. The van der Waals surface area contributed by atoms with Gasteiger partial charge < -0.3 is 10.6 Å². The SMILES string of the molecule is CCC1CCCN1c1cc(F)c(Cl)cc1N. The molecular weight excluding hydrogens is 227 g/mol.